The van der Waals surface area contributed by atoms with Crippen molar-refractivity contribution in [2.75, 3.05) is 40.0 Å². The van der Waals surface area contributed by atoms with Crippen LogP contribution in [0.4, 0.5) is 0 Å². The molecule has 0 bridgehead atoms. The first kappa shape index (κ1) is 20.5. The van der Waals surface area contributed by atoms with E-state index >= 15 is 0 Å². The Morgan fingerprint density at radius 2 is 2.30 bits per heavy atom. The van der Waals surface area contributed by atoms with Gasteiger partial charge in [0.05, 0.1) is 31.5 Å². The summed E-state index contributed by atoms with van der Waals surface area (Å²) < 4.78 is 12.6. The molecule has 0 spiro atoms. The van der Waals surface area contributed by atoms with E-state index in [0.29, 0.717) is 43.3 Å². The van der Waals surface area contributed by atoms with Gasteiger partial charge in [0.15, 0.2) is 0 Å². The molecule has 1 fully saturated rings. The molecule has 0 radical (unpaired) electrons. The molecule has 9 nitrogen and oxygen atoms in total. The summed E-state index contributed by atoms with van der Waals surface area (Å²) in [6, 6.07) is 3.78. The zero-order valence-electron chi connectivity index (χ0n) is 16.8. The number of rotatable bonds is 6. The molecular weight excluding hydrogens is 406 g/mol. The highest BCUT2D eigenvalue weighted by molar-refractivity contribution is 7.20. The molecule has 1 saturated heterocycles. The van der Waals surface area contributed by atoms with Crippen LogP contribution in [0.25, 0.3) is 10.2 Å². The second-order valence-electron chi connectivity index (χ2n) is 6.96. The minimum absolute atomic E-state index is 0.0971. The molecule has 158 valence electrons. The molecule has 10 heteroatoms. The molecule has 0 unspecified atom stereocenters. The minimum Gasteiger partial charge on any atom is -0.383 e. The van der Waals surface area contributed by atoms with E-state index < -0.39 is 6.10 Å². The lowest BCUT2D eigenvalue weighted by Gasteiger charge is -2.33. The molecule has 30 heavy (non-hydrogen) atoms. The Labute approximate surface area is 177 Å². The Hall–Kier alpha value is -2.82. The second-order valence-corrected chi connectivity index (χ2v) is 7.96. The molecule has 1 atom stereocenters. The average Bonchev–Trinajstić information content (AvgIpc) is 3.37. The first-order chi connectivity index (χ1) is 14.6. The molecule has 1 N–H and O–H groups in total. The summed E-state index contributed by atoms with van der Waals surface area (Å²) in [6.45, 7) is 2.07. The number of thiophene rings is 1. The van der Waals surface area contributed by atoms with Crippen molar-refractivity contribution in [1.29, 1.82) is 0 Å². The van der Waals surface area contributed by atoms with E-state index in [1.807, 2.05) is 12.1 Å². The van der Waals surface area contributed by atoms with Gasteiger partial charge in [0.2, 0.25) is 0 Å². The third-order valence-electron chi connectivity index (χ3n) is 4.93. The van der Waals surface area contributed by atoms with Gasteiger partial charge in [-0.3, -0.25) is 14.3 Å². The maximum absolute atomic E-state index is 12.9. The fourth-order valence-corrected chi connectivity index (χ4v) is 4.62. The van der Waals surface area contributed by atoms with Gasteiger partial charge in [-0.25, -0.2) is 4.98 Å². The third-order valence-corrected chi connectivity index (χ3v) is 6.06. The number of amides is 2. The topological polar surface area (TPSA) is 98.6 Å². The number of pyridine rings is 1. The number of carbonyl (C=O) groups is 2. The van der Waals surface area contributed by atoms with Gasteiger partial charge in [0.25, 0.3) is 11.8 Å². The summed E-state index contributed by atoms with van der Waals surface area (Å²) in [5.41, 5.74) is 1.31. The Kier molecular flexibility index (Phi) is 6.07. The normalized spacial score (nSPS) is 16.7. The van der Waals surface area contributed by atoms with Crippen LogP contribution < -0.4 is 5.32 Å². The maximum atomic E-state index is 12.9. The molecule has 1 aliphatic rings. The molecule has 1 aliphatic heterocycles. The quantitative estimate of drug-likeness (QED) is 0.598. The molecule has 0 aliphatic carbocycles. The molecule has 0 saturated carbocycles. The number of fused-ring (bicyclic) bond motifs is 1. The average molecular weight is 430 g/mol. The SMILES string of the molecule is COCCNC(=O)c1sc2ncccc2c1[C@@H]1CN(C(=O)c2cnn(C)c2)CCO1. The van der Waals surface area contributed by atoms with Crippen molar-refractivity contribution in [1.82, 2.24) is 25.0 Å². The lowest BCUT2D eigenvalue weighted by Crippen LogP contribution is -2.42. The number of carbonyl (C=O) groups excluding carboxylic acids is 2. The number of nitrogens with zero attached hydrogens (tertiary/aromatic N) is 4. The van der Waals surface area contributed by atoms with Gasteiger partial charge in [-0.1, -0.05) is 6.07 Å². The van der Waals surface area contributed by atoms with Gasteiger partial charge in [-0.05, 0) is 6.07 Å². The molecule has 4 rings (SSSR count). The highest BCUT2D eigenvalue weighted by atomic mass is 32.1. The number of nitrogens with one attached hydrogen (secondary N) is 1. The molecule has 0 aromatic carbocycles. The zero-order chi connectivity index (χ0) is 21.1. The van der Waals surface area contributed by atoms with Crippen molar-refractivity contribution in [2.24, 2.45) is 7.05 Å². The number of aromatic nitrogens is 3. The van der Waals surface area contributed by atoms with Crippen LogP contribution in [0, 0.1) is 0 Å². The molecule has 3 aromatic heterocycles. The molecule has 2 amide bonds. The van der Waals surface area contributed by atoms with Crippen molar-refractivity contribution < 1.29 is 19.1 Å². The van der Waals surface area contributed by atoms with Crippen molar-refractivity contribution in [3.05, 3.63) is 46.7 Å². The number of aryl methyl sites for hydroxylation is 1. The largest absolute Gasteiger partial charge is 0.383 e. The second kappa shape index (κ2) is 8.90. The van der Waals surface area contributed by atoms with Crippen LogP contribution in [0.2, 0.25) is 0 Å². The number of ether oxygens (including phenoxy) is 2. The number of hydrogen-bond donors (Lipinski definition) is 1. The minimum atomic E-state index is -0.416. The Bertz CT molecular complexity index is 1060. The summed E-state index contributed by atoms with van der Waals surface area (Å²) in [4.78, 5) is 33.2. The van der Waals surface area contributed by atoms with E-state index in [1.54, 1.807) is 42.3 Å². The van der Waals surface area contributed by atoms with Gasteiger partial charge in [-0.15, -0.1) is 11.3 Å². The van der Waals surface area contributed by atoms with Crippen LogP contribution in [0.5, 0.6) is 0 Å². The fourth-order valence-electron chi connectivity index (χ4n) is 3.51. The van der Waals surface area contributed by atoms with Gasteiger partial charge in [0, 0.05) is 50.6 Å². The van der Waals surface area contributed by atoms with E-state index in [2.05, 4.69) is 15.4 Å². The number of morpholine rings is 1. The third kappa shape index (κ3) is 4.07. The smallest absolute Gasteiger partial charge is 0.261 e. The Morgan fingerprint density at radius 3 is 3.07 bits per heavy atom. The van der Waals surface area contributed by atoms with Gasteiger partial charge in [0.1, 0.15) is 15.8 Å². The lowest BCUT2D eigenvalue weighted by molar-refractivity contribution is -0.0222. The highest BCUT2D eigenvalue weighted by Crippen LogP contribution is 2.37. The lowest BCUT2D eigenvalue weighted by atomic mass is 10.0. The summed E-state index contributed by atoms with van der Waals surface area (Å²) >= 11 is 1.33. The van der Waals surface area contributed by atoms with Gasteiger partial charge < -0.3 is 19.7 Å². The summed E-state index contributed by atoms with van der Waals surface area (Å²) in [5, 5.41) is 7.83. The Balaban J connectivity index is 1.63. The van der Waals surface area contributed by atoms with Crippen LogP contribution in [0.3, 0.4) is 0 Å². The molecular formula is C20H23N5O4S. The van der Waals surface area contributed by atoms with Crippen molar-refractivity contribution in [3.63, 3.8) is 0 Å². The fraction of sp³-hybridized carbons (Fsp3) is 0.400. The standard InChI is InChI=1S/C20H23N5O4S/c1-24-11-13(10-23-24)20(27)25-7-9-29-15(12-25)16-14-4-3-5-22-19(14)30-17(16)18(26)21-6-8-28-2/h3-5,10-11,15H,6-9,12H2,1-2H3,(H,21,26)/t15-/m0/s1. The first-order valence-corrected chi connectivity index (χ1v) is 10.4. The molecule has 4 heterocycles. The maximum Gasteiger partial charge on any atom is 0.261 e. The van der Waals surface area contributed by atoms with Crippen molar-refractivity contribution >= 4 is 33.4 Å². The monoisotopic (exact) mass is 429 g/mol. The Morgan fingerprint density at radius 1 is 1.43 bits per heavy atom. The van der Waals surface area contributed by atoms with E-state index in [4.69, 9.17) is 9.47 Å². The summed E-state index contributed by atoms with van der Waals surface area (Å²) in [6.07, 6.45) is 4.55. The van der Waals surface area contributed by atoms with Crippen LogP contribution in [0.15, 0.2) is 30.7 Å². The predicted octanol–water partition coefficient (Wildman–Crippen LogP) is 1.62. The van der Waals surface area contributed by atoms with Crippen molar-refractivity contribution in [3.8, 4) is 0 Å². The van der Waals surface area contributed by atoms with E-state index in [-0.39, 0.29) is 11.8 Å². The van der Waals surface area contributed by atoms with Crippen LogP contribution in [-0.4, -0.2) is 71.4 Å². The van der Waals surface area contributed by atoms with Gasteiger partial charge in [-0.2, -0.15) is 5.10 Å². The zero-order valence-corrected chi connectivity index (χ0v) is 17.6. The van der Waals surface area contributed by atoms with Crippen LogP contribution in [-0.2, 0) is 16.5 Å². The van der Waals surface area contributed by atoms with Crippen LogP contribution >= 0.6 is 11.3 Å². The van der Waals surface area contributed by atoms with E-state index in [1.165, 1.54) is 11.3 Å². The van der Waals surface area contributed by atoms with E-state index in [9.17, 15) is 9.59 Å². The first-order valence-electron chi connectivity index (χ1n) is 9.62. The predicted molar refractivity (Wildman–Crippen MR) is 112 cm³/mol. The van der Waals surface area contributed by atoms with Crippen molar-refractivity contribution in [2.45, 2.75) is 6.10 Å². The molecule has 3 aromatic rings. The number of hydrogen-bond acceptors (Lipinski definition) is 7. The number of methoxy groups -OCH3 is 1. The summed E-state index contributed by atoms with van der Waals surface area (Å²) in [7, 11) is 3.36. The summed E-state index contributed by atoms with van der Waals surface area (Å²) in [5.74, 6) is -0.287. The van der Waals surface area contributed by atoms with E-state index in [0.717, 1.165) is 15.8 Å². The van der Waals surface area contributed by atoms with Crippen LogP contribution in [0.1, 0.15) is 31.7 Å². The highest BCUT2D eigenvalue weighted by Gasteiger charge is 2.32. The van der Waals surface area contributed by atoms with Gasteiger partial charge >= 0.3 is 0 Å².